The molecule has 2 aromatic carbocycles. The van der Waals surface area contributed by atoms with E-state index in [9.17, 15) is 4.79 Å². The lowest BCUT2D eigenvalue weighted by molar-refractivity contribution is -0.120. The van der Waals surface area contributed by atoms with Crippen LogP contribution in [0.3, 0.4) is 0 Å². The third-order valence-electron chi connectivity index (χ3n) is 5.00. The average molecular weight is 510 g/mol. The van der Waals surface area contributed by atoms with E-state index in [4.69, 9.17) is 46.4 Å². The smallest absolute Gasteiger partial charge is 0.137 e. The van der Waals surface area contributed by atoms with Gasteiger partial charge >= 0.3 is 0 Å². The van der Waals surface area contributed by atoms with Gasteiger partial charge in [0.1, 0.15) is 31.1 Å². The first-order valence-electron chi connectivity index (χ1n) is 9.52. The summed E-state index contributed by atoms with van der Waals surface area (Å²) in [6.07, 6.45) is 6.17. The number of halogens is 4. The maximum Gasteiger partial charge on any atom is 0.137 e. The number of rotatable bonds is 8. The van der Waals surface area contributed by atoms with Crippen molar-refractivity contribution in [2.75, 3.05) is 0 Å². The zero-order chi connectivity index (χ0) is 22.7. The molecule has 32 heavy (non-hydrogen) atoms. The summed E-state index contributed by atoms with van der Waals surface area (Å²) in [6, 6.07) is 9.39. The van der Waals surface area contributed by atoms with Crippen LogP contribution in [0.15, 0.2) is 61.7 Å². The van der Waals surface area contributed by atoms with Crippen LogP contribution in [0.1, 0.15) is 36.1 Å². The van der Waals surface area contributed by atoms with Gasteiger partial charge in [-0.15, -0.1) is 0 Å². The Balaban J connectivity index is 1.63. The van der Waals surface area contributed by atoms with Gasteiger partial charge in [-0.1, -0.05) is 58.5 Å². The monoisotopic (exact) mass is 508 g/mol. The molecule has 0 saturated heterocycles. The molecule has 0 amide bonds. The van der Waals surface area contributed by atoms with E-state index in [1.807, 2.05) is 0 Å². The molecule has 2 atom stereocenters. The van der Waals surface area contributed by atoms with Crippen LogP contribution in [0.2, 0.25) is 20.1 Å². The predicted molar refractivity (Wildman–Crippen MR) is 123 cm³/mol. The predicted octanol–water partition coefficient (Wildman–Crippen LogP) is 5.71. The summed E-state index contributed by atoms with van der Waals surface area (Å²) in [5, 5.41) is 10.3. The van der Waals surface area contributed by atoms with Crippen molar-refractivity contribution in [3.63, 3.8) is 0 Å². The summed E-state index contributed by atoms with van der Waals surface area (Å²) < 4.78 is 3.21. The first kappa shape index (κ1) is 22.7. The Hall–Kier alpha value is -2.45. The molecule has 7 nitrogen and oxygen atoms in total. The van der Waals surface area contributed by atoms with Crippen molar-refractivity contribution in [2.45, 2.75) is 24.9 Å². The highest BCUT2D eigenvalue weighted by atomic mass is 35.5. The van der Waals surface area contributed by atoms with E-state index < -0.39 is 12.1 Å². The molecule has 11 heteroatoms. The number of benzene rings is 2. The molecule has 2 heterocycles. The first-order valence-corrected chi connectivity index (χ1v) is 11.0. The SMILES string of the molecule is O=C(CC(c1ccc(Cl)cc1Cl)n1cncn1)CC(c1ccc(Cl)cc1Cl)n1cncn1. The van der Waals surface area contributed by atoms with Crippen molar-refractivity contribution < 1.29 is 4.79 Å². The van der Waals surface area contributed by atoms with Crippen LogP contribution in [0.5, 0.6) is 0 Å². The van der Waals surface area contributed by atoms with Crippen LogP contribution < -0.4 is 0 Å². The van der Waals surface area contributed by atoms with Crippen molar-refractivity contribution in [1.82, 2.24) is 29.5 Å². The standard InChI is InChI=1S/C21H16Cl4N6O/c22-13-1-3-16(18(24)5-13)20(30-11-26-9-28-30)7-15(32)8-21(31-12-27-10-29-31)17-4-2-14(23)6-19(17)25/h1-6,9-12,20-21H,7-8H2. The normalized spacial score (nSPS) is 13.1. The minimum Gasteiger partial charge on any atom is -0.300 e. The molecule has 0 radical (unpaired) electrons. The Morgan fingerprint density at radius 2 is 1.19 bits per heavy atom. The molecule has 0 aliphatic carbocycles. The molecule has 164 valence electrons. The summed E-state index contributed by atoms with van der Waals surface area (Å²) in [6.45, 7) is 0. The number of nitrogens with zero attached hydrogens (tertiary/aromatic N) is 6. The molecule has 0 aliphatic rings. The van der Waals surface area contributed by atoms with E-state index in [0.717, 1.165) is 11.1 Å². The fraction of sp³-hybridized carbons (Fsp3) is 0.190. The number of ketones is 1. The fourth-order valence-electron chi connectivity index (χ4n) is 3.51. The van der Waals surface area contributed by atoms with Crippen molar-refractivity contribution in [3.05, 3.63) is 92.9 Å². The summed E-state index contributed by atoms with van der Waals surface area (Å²) in [5.74, 6) is -0.0527. The van der Waals surface area contributed by atoms with Gasteiger partial charge in [0, 0.05) is 32.9 Å². The van der Waals surface area contributed by atoms with Crippen LogP contribution in [0.25, 0.3) is 0 Å². The minimum absolute atomic E-state index is 0.0527. The third kappa shape index (κ3) is 5.13. The van der Waals surface area contributed by atoms with Gasteiger partial charge in [-0.25, -0.2) is 19.3 Å². The van der Waals surface area contributed by atoms with Gasteiger partial charge in [-0.2, -0.15) is 10.2 Å². The highest BCUT2D eigenvalue weighted by Crippen LogP contribution is 2.34. The second-order valence-electron chi connectivity index (χ2n) is 7.06. The summed E-state index contributed by atoms with van der Waals surface area (Å²) >= 11 is 25.0. The van der Waals surface area contributed by atoms with Crippen LogP contribution in [-0.4, -0.2) is 35.3 Å². The van der Waals surface area contributed by atoms with Crippen molar-refractivity contribution in [1.29, 1.82) is 0 Å². The number of hydrogen-bond donors (Lipinski definition) is 0. The number of carbonyl (C=O) groups is 1. The largest absolute Gasteiger partial charge is 0.300 e. The van der Waals surface area contributed by atoms with Crippen molar-refractivity contribution >= 4 is 52.2 Å². The van der Waals surface area contributed by atoms with E-state index in [1.54, 1.807) is 58.4 Å². The van der Waals surface area contributed by atoms with Crippen LogP contribution in [0.4, 0.5) is 0 Å². The van der Waals surface area contributed by atoms with Gasteiger partial charge in [-0.3, -0.25) is 4.79 Å². The van der Waals surface area contributed by atoms with E-state index >= 15 is 0 Å². The second kappa shape index (κ2) is 10.0. The van der Waals surface area contributed by atoms with Gasteiger partial charge in [0.25, 0.3) is 0 Å². The number of Topliss-reactive ketones (excluding diaryl/α,β-unsaturated/α-hetero) is 1. The van der Waals surface area contributed by atoms with Crippen molar-refractivity contribution in [3.8, 4) is 0 Å². The van der Waals surface area contributed by atoms with E-state index in [2.05, 4.69) is 20.2 Å². The molecular formula is C21H16Cl4N6O. The first-order chi connectivity index (χ1) is 15.4. The summed E-state index contributed by atoms with van der Waals surface area (Å²) in [5.41, 5.74) is 1.44. The molecule has 0 saturated carbocycles. The molecule has 4 rings (SSSR count). The van der Waals surface area contributed by atoms with Gasteiger partial charge in [0.2, 0.25) is 0 Å². The number of aromatic nitrogens is 6. The average Bonchev–Trinajstić information content (AvgIpc) is 3.45. The van der Waals surface area contributed by atoms with Gasteiger partial charge < -0.3 is 0 Å². The van der Waals surface area contributed by atoms with E-state index in [-0.39, 0.29) is 18.6 Å². The maximum absolute atomic E-state index is 13.3. The molecule has 4 aromatic rings. The molecule has 2 aromatic heterocycles. The molecule has 2 unspecified atom stereocenters. The van der Waals surface area contributed by atoms with Crippen LogP contribution in [0, 0.1) is 0 Å². The zero-order valence-corrected chi connectivity index (χ0v) is 19.5. The quantitative estimate of drug-likeness (QED) is 0.304. The van der Waals surface area contributed by atoms with E-state index in [0.29, 0.717) is 20.1 Å². The summed E-state index contributed by atoms with van der Waals surface area (Å²) in [4.78, 5) is 21.3. The summed E-state index contributed by atoms with van der Waals surface area (Å²) in [7, 11) is 0. The van der Waals surface area contributed by atoms with Crippen molar-refractivity contribution in [2.24, 2.45) is 0 Å². The molecule has 0 fully saturated rings. The molecule has 0 bridgehead atoms. The zero-order valence-electron chi connectivity index (χ0n) is 16.4. The Bertz CT molecular complexity index is 1120. The maximum atomic E-state index is 13.3. The van der Waals surface area contributed by atoms with Crippen LogP contribution in [-0.2, 0) is 4.79 Å². The van der Waals surface area contributed by atoms with Gasteiger partial charge in [-0.05, 0) is 35.4 Å². The van der Waals surface area contributed by atoms with Gasteiger partial charge in [0.15, 0.2) is 0 Å². The highest BCUT2D eigenvalue weighted by molar-refractivity contribution is 6.35. The third-order valence-corrected chi connectivity index (χ3v) is 6.12. The lowest BCUT2D eigenvalue weighted by Gasteiger charge is -2.22. The lowest BCUT2D eigenvalue weighted by Crippen LogP contribution is -2.21. The lowest BCUT2D eigenvalue weighted by atomic mass is 9.95. The van der Waals surface area contributed by atoms with Crippen LogP contribution >= 0.6 is 46.4 Å². The second-order valence-corrected chi connectivity index (χ2v) is 8.75. The Labute approximate surface area is 203 Å². The Morgan fingerprint density at radius 3 is 1.53 bits per heavy atom. The van der Waals surface area contributed by atoms with E-state index in [1.165, 1.54) is 12.7 Å². The number of hydrogen-bond acceptors (Lipinski definition) is 5. The Kier molecular flexibility index (Phi) is 7.10. The molecule has 0 N–H and O–H groups in total. The topological polar surface area (TPSA) is 78.5 Å². The fourth-order valence-corrected chi connectivity index (χ4v) is 4.58. The van der Waals surface area contributed by atoms with Gasteiger partial charge in [0.05, 0.1) is 12.1 Å². The molecule has 0 spiro atoms. The minimum atomic E-state index is -0.452. The molecule has 0 aliphatic heterocycles. The Morgan fingerprint density at radius 1 is 0.750 bits per heavy atom. The number of carbonyl (C=O) groups excluding carboxylic acids is 1. The highest BCUT2D eigenvalue weighted by Gasteiger charge is 2.26. The molecular weight excluding hydrogens is 494 g/mol.